The van der Waals surface area contributed by atoms with Crippen molar-refractivity contribution in [3.63, 3.8) is 0 Å². The third kappa shape index (κ3) is 3.15. The maximum absolute atomic E-state index is 13.4. The zero-order valence-corrected chi connectivity index (χ0v) is 10.6. The quantitative estimate of drug-likeness (QED) is 0.897. The molecule has 3 nitrogen and oxygen atoms in total. The highest BCUT2D eigenvalue weighted by Gasteiger charge is 2.13. The Morgan fingerprint density at radius 3 is 3.12 bits per heavy atom. The number of halogens is 2. The van der Waals surface area contributed by atoms with E-state index in [-0.39, 0.29) is 5.82 Å². The topological polar surface area (TPSA) is 37.0 Å². The lowest BCUT2D eigenvalue weighted by Gasteiger charge is -2.23. The van der Waals surface area contributed by atoms with Crippen LogP contribution in [0.15, 0.2) is 16.7 Å². The summed E-state index contributed by atoms with van der Waals surface area (Å²) in [6.07, 6.45) is 5.22. The molecule has 16 heavy (non-hydrogen) atoms. The fourth-order valence-electron chi connectivity index (χ4n) is 1.86. The molecule has 1 atom stereocenters. The van der Waals surface area contributed by atoms with Crippen molar-refractivity contribution in [1.29, 1.82) is 0 Å². The van der Waals surface area contributed by atoms with Crippen molar-refractivity contribution in [2.75, 3.05) is 18.4 Å². The third-order valence-corrected chi connectivity index (χ3v) is 3.17. The first-order valence-corrected chi connectivity index (χ1v) is 6.33. The van der Waals surface area contributed by atoms with E-state index >= 15 is 0 Å². The highest BCUT2D eigenvalue weighted by molar-refractivity contribution is 9.10. The van der Waals surface area contributed by atoms with Crippen LogP contribution in [0.3, 0.4) is 0 Å². The lowest BCUT2D eigenvalue weighted by atomic mass is 10.1. The SMILES string of the molecule is Fc1cc(Br)cnc1NCC1CCCCN1. The Balaban J connectivity index is 1.88. The van der Waals surface area contributed by atoms with E-state index in [2.05, 4.69) is 31.5 Å². The van der Waals surface area contributed by atoms with E-state index in [9.17, 15) is 4.39 Å². The number of anilines is 1. The van der Waals surface area contributed by atoms with Gasteiger partial charge >= 0.3 is 0 Å². The van der Waals surface area contributed by atoms with Gasteiger partial charge in [-0.2, -0.15) is 0 Å². The number of nitrogens with one attached hydrogen (secondary N) is 2. The molecular formula is C11H15BrFN3. The van der Waals surface area contributed by atoms with Crippen LogP contribution < -0.4 is 10.6 Å². The molecule has 0 amide bonds. The van der Waals surface area contributed by atoms with Crippen LogP contribution in [0, 0.1) is 5.82 Å². The number of hydrogen-bond acceptors (Lipinski definition) is 3. The molecule has 0 saturated carbocycles. The standard InChI is InChI=1S/C11H15BrFN3/c12-8-5-10(13)11(15-6-8)16-7-9-3-1-2-4-14-9/h5-6,9,14H,1-4,7H2,(H,15,16). The van der Waals surface area contributed by atoms with E-state index in [1.54, 1.807) is 6.20 Å². The summed E-state index contributed by atoms with van der Waals surface area (Å²) >= 11 is 3.18. The van der Waals surface area contributed by atoms with Gasteiger partial charge in [0.2, 0.25) is 0 Å². The van der Waals surface area contributed by atoms with Gasteiger partial charge in [-0.1, -0.05) is 6.42 Å². The lowest BCUT2D eigenvalue weighted by molar-refractivity contribution is 0.413. The van der Waals surface area contributed by atoms with Crippen molar-refractivity contribution in [2.24, 2.45) is 0 Å². The van der Waals surface area contributed by atoms with E-state index in [1.807, 2.05) is 0 Å². The van der Waals surface area contributed by atoms with Crippen LogP contribution in [0.2, 0.25) is 0 Å². The molecular weight excluding hydrogens is 273 g/mol. The fourth-order valence-corrected chi connectivity index (χ4v) is 2.17. The second-order valence-corrected chi connectivity index (χ2v) is 4.93. The molecule has 0 spiro atoms. The molecule has 1 saturated heterocycles. The van der Waals surface area contributed by atoms with Gasteiger partial charge in [0, 0.05) is 23.3 Å². The number of piperidine rings is 1. The molecule has 0 aliphatic carbocycles. The van der Waals surface area contributed by atoms with Gasteiger partial charge in [0.1, 0.15) is 0 Å². The second-order valence-electron chi connectivity index (χ2n) is 4.01. The number of aromatic nitrogens is 1. The lowest BCUT2D eigenvalue weighted by Crippen LogP contribution is -2.39. The third-order valence-electron chi connectivity index (χ3n) is 2.74. The molecule has 1 aromatic rings. The largest absolute Gasteiger partial charge is 0.366 e. The van der Waals surface area contributed by atoms with Gasteiger partial charge in [-0.05, 0) is 41.4 Å². The molecule has 2 rings (SSSR count). The summed E-state index contributed by atoms with van der Waals surface area (Å²) in [5.74, 6) is 0.0146. The summed E-state index contributed by atoms with van der Waals surface area (Å²) < 4.78 is 14.1. The highest BCUT2D eigenvalue weighted by Crippen LogP contribution is 2.16. The van der Waals surface area contributed by atoms with Gasteiger partial charge in [0.05, 0.1) is 0 Å². The van der Waals surface area contributed by atoms with E-state index < -0.39 is 0 Å². The van der Waals surface area contributed by atoms with Crippen molar-refractivity contribution in [3.8, 4) is 0 Å². The van der Waals surface area contributed by atoms with Crippen LogP contribution in [0.25, 0.3) is 0 Å². The highest BCUT2D eigenvalue weighted by atomic mass is 79.9. The Morgan fingerprint density at radius 1 is 1.56 bits per heavy atom. The summed E-state index contributed by atoms with van der Waals surface area (Å²) in [5, 5.41) is 6.44. The van der Waals surface area contributed by atoms with Crippen LogP contribution in [0.1, 0.15) is 19.3 Å². The van der Waals surface area contributed by atoms with E-state index in [1.165, 1.54) is 18.9 Å². The predicted molar refractivity (Wildman–Crippen MR) is 66.0 cm³/mol. The maximum Gasteiger partial charge on any atom is 0.166 e. The smallest absolute Gasteiger partial charge is 0.166 e. The molecule has 0 radical (unpaired) electrons. The van der Waals surface area contributed by atoms with Crippen molar-refractivity contribution >= 4 is 21.7 Å². The monoisotopic (exact) mass is 287 g/mol. The predicted octanol–water partition coefficient (Wildman–Crippen LogP) is 2.54. The van der Waals surface area contributed by atoms with Gasteiger partial charge in [0.25, 0.3) is 0 Å². The molecule has 1 aliphatic rings. The van der Waals surface area contributed by atoms with Gasteiger partial charge in [-0.25, -0.2) is 9.37 Å². The maximum atomic E-state index is 13.4. The van der Waals surface area contributed by atoms with Crippen LogP contribution in [0.5, 0.6) is 0 Å². The molecule has 1 fully saturated rings. The molecule has 0 aromatic carbocycles. The summed E-state index contributed by atoms with van der Waals surface area (Å²) in [5.41, 5.74) is 0. The Kier molecular flexibility index (Phi) is 4.12. The van der Waals surface area contributed by atoms with Crippen LogP contribution >= 0.6 is 15.9 Å². The molecule has 2 heterocycles. The Hall–Kier alpha value is -0.680. The normalized spacial score (nSPS) is 20.8. The summed E-state index contributed by atoms with van der Waals surface area (Å²) in [6, 6.07) is 1.85. The molecule has 5 heteroatoms. The van der Waals surface area contributed by atoms with Gasteiger partial charge < -0.3 is 10.6 Å². The van der Waals surface area contributed by atoms with Gasteiger partial charge in [-0.3, -0.25) is 0 Å². The van der Waals surface area contributed by atoms with Crippen molar-refractivity contribution in [1.82, 2.24) is 10.3 Å². The first kappa shape index (κ1) is 11.8. The minimum absolute atomic E-state index is 0.315. The van der Waals surface area contributed by atoms with Crippen LogP contribution in [-0.2, 0) is 0 Å². The number of hydrogen-bond donors (Lipinski definition) is 2. The average molecular weight is 288 g/mol. The van der Waals surface area contributed by atoms with Crippen LogP contribution in [0.4, 0.5) is 10.2 Å². The molecule has 1 aliphatic heterocycles. The first-order chi connectivity index (χ1) is 7.75. The second kappa shape index (κ2) is 5.59. The molecule has 88 valence electrons. The van der Waals surface area contributed by atoms with Crippen molar-refractivity contribution in [3.05, 3.63) is 22.6 Å². The molecule has 1 aromatic heterocycles. The Morgan fingerprint density at radius 2 is 2.44 bits per heavy atom. The van der Waals surface area contributed by atoms with Crippen molar-refractivity contribution in [2.45, 2.75) is 25.3 Å². The molecule has 2 N–H and O–H groups in total. The Labute approximate surface area is 103 Å². The molecule has 0 bridgehead atoms. The number of rotatable bonds is 3. The number of nitrogens with zero attached hydrogens (tertiary/aromatic N) is 1. The zero-order valence-electron chi connectivity index (χ0n) is 8.97. The molecule has 1 unspecified atom stereocenters. The van der Waals surface area contributed by atoms with Gasteiger partial charge in [0.15, 0.2) is 11.6 Å². The average Bonchev–Trinajstić information content (AvgIpc) is 2.29. The van der Waals surface area contributed by atoms with E-state index in [0.29, 0.717) is 16.3 Å². The van der Waals surface area contributed by atoms with E-state index in [4.69, 9.17) is 0 Å². The zero-order chi connectivity index (χ0) is 11.4. The Bertz CT molecular complexity index is 353. The number of pyridine rings is 1. The summed E-state index contributed by atoms with van der Waals surface area (Å²) in [7, 11) is 0. The summed E-state index contributed by atoms with van der Waals surface area (Å²) in [4.78, 5) is 4.00. The van der Waals surface area contributed by atoms with E-state index in [0.717, 1.165) is 19.5 Å². The first-order valence-electron chi connectivity index (χ1n) is 5.54. The minimum atomic E-state index is -0.315. The van der Waals surface area contributed by atoms with Crippen LogP contribution in [-0.4, -0.2) is 24.1 Å². The minimum Gasteiger partial charge on any atom is -0.366 e. The van der Waals surface area contributed by atoms with Crippen molar-refractivity contribution < 1.29 is 4.39 Å². The fraction of sp³-hybridized carbons (Fsp3) is 0.545. The summed E-state index contributed by atoms with van der Waals surface area (Å²) in [6.45, 7) is 1.79. The van der Waals surface area contributed by atoms with Gasteiger partial charge in [-0.15, -0.1) is 0 Å².